The maximum atomic E-state index is 4.39. The van der Waals surface area contributed by atoms with Crippen molar-refractivity contribution >= 4 is 27.4 Å². The lowest BCUT2D eigenvalue weighted by atomic mass is 10.4. The summed E-state index contributed by atoms with van der Waals surface area (Å²) in [7, 11) is 0. The molecule has 0 bridgehead atoms. The number of aromatic nitrogens is 3. The van der Waals surface area contributed by atoms with Crippen molar-refractivity contribution in [3.05, 3.63) is 22.4 Å². The van der Waals surface area contributed by atoms with Crippen LogP contribution in [-0.2, 0) is 0 Å². The van der Waals surface area contributed by atoms with Crippen molar-refractivity contribution in [3.63, 3.8) is 0 Å². The molecule has 2 heterocycles. The highest BCUT2D eigenvalue weighted by Gasteiger charge is 2.06. The molecule has 2 rings (SSSR count). The monoisotopic (exact) mass is 254 g/mol. The zero-order valence-corrected chi connectivity index (χ0v) is 9.67. The Labute approximate surface area is 90.5 Å². The van der Waals surface area contributed by atoms with Gasteiger partial charge >= 0.3 is 0 Å². The number of hydrogen-bond donors (Lipinski definition) is 1. The molecular weight excluding hydrogens is 244 g/mol. The third-order valence-corrected chi connectivity index (χ3v) is 2.47. The SMILES string of the molecule is CCNc1cc(C)nc2c(Br)cnn12. The summed E-state index contributed by atoms with van der Waals surface area (Å²) in [5.74, 6) is 0.973. The van der Waals surface area contributed by atoms with Gasteiger partial charge in [-0.3, -0.25) is 0 Å². The largest absolute Gasteiger partial charge is 0.370 e. The molecule has 4 nitrogen and oxygen atoms in total. The van der Waals surface area contributed by atoms with Gasteiger partial charge < -0.3 is 5.32 Å². The van der Waals surface area contributed by atoms with Gasteiger partial charge in [-0.15, -0.1) is 0 Å². The van der Waals surface area contributed by atoms with Gasteiger partial charge in [-0.2, -0.15) is 9.61 Å². The van der Waals surface area contributed by atoms with E-state index >= 15 is 0 Å². The molecule has 1 N–H and O–H groups in total. The first-order chi connectivity index (χ1) is 6.72. The van der Waals surface area contributed by atoms with Gasteiger partial charge in [-0.1, -0.05) is 0 Å². The van der Waals surface area contributed by atoms with Crippen molar-refractivity contribution in [1.82, 2.24) is 14.6 Å². The summed E-state index contributed by atoms with van der Waals surface area (Å²) < 4.78 is 2.71. The van der Waals surface area contributed by atoms with Crippen LogP contribution in [0.25, 0.3) is 5.65 Å². The van der Waals surface area contributed by atoms with Crippen LogP contribution in [0.5, 0.6) is 0 Å². The van der Waals surface area contributed by atoms with E-state index in [4.69, 9.17) is 0 Å². The van der Waals surface area contributed by atoms with Crippen LogP contribution in [0.1, 0.15) is 12.6 Å². The van der Waals surface area contributed by atoms with E-state index < -0.39 is 0 Å². The fourth-order valence-electron chi connectivity index (χ4n) is 1.36. The highest BCUT2D eigenvalue weighted by Crippen LogP contribution is 2.19. The minimum absolute atomic E-state index is 0.848. The molecule has 74 valence electrons. The fraction of sp³-hybridized carbons (Fsp3) is 0.333. The minimum atomic E-state index is 0.848. The Morgan fingerprint density at radius 1 is 1.57 bits per heavy atom. The number of hydrogen-bond acceptors (Lipinski definition) is 3. The van der Waals surface area contributed by atoms with Crippen molar-refractivity contribution in [3.8, 4) is 0 Å². The van der Waals surface area contributed by atoms with Crippen molar-refractivity contribution in [2.75, 3.05) is 11.9 Å². The second-order valence-corrected chi connectivity index (χ2v) is 3.90. The normalized spacial score (nSPS) is 10.8. The van der Waals surface area contributed by atoms with E-state index in [-0.39, 0.29) is 0 Å². The summed E-state index contributed by atoms with van der Waals surface area (Å²) in [6, 6.07) is 1.98. The van der Waals surface area contributed by atoms with E-state index in [9.17, 15) is 0 Å². The second-order valence-electron chi connectivity index (χ2n) is 3.04. The topological polar surface area (TPSA) is 42.2 Å². The van der Waals surface area contributed by atoms with E-state index in [1.807, 2.05) is 13.0 Å². The van der Waals surface area contributed by atoms with Gasteiger partial charge in [0.2, 0.25) is 0 Å². The number of anilines is 1. The first kappa shape index (κ1) is 9.45. The van der Waals surface area contributed by atoms with Gasteiger partial charge in [0, 0.05) is 18.3 Å². The number of nitrogens with one attached hydrogen (secondary N) is 1. The Balaban J connectivity index is 2.68. The molecule has 2 aromatic rings. The molecule has 0 aliphatic rings. The molecule has 14 heavy (non-hydrogen) atoms. The molecule has 0 unspecified atom stereocenters. The lowest BCUT2D eigenvalue weighted by Crippen LogP contribution is -2.05. The molecule has 2 aromatic heterocycles. The number of rotatable bonds is 2. The lowest BCUT2D eigenvalue weighted by Gasteiger charge is -2.06. The van der Waals surface area contributed by atoms with Gasteiger partial charge in [0.15, 0.2) is 5.65 Å². The Morgan fingerprint density at radius 3 is 3.07 bits per heavy atom. The maximum absolute atomic E-state index is 4.39. The van der Waals surface area contributed by atoms with Gasteiger partial charge in [-0.05, 0) is 29.8 Å². The summed E-state index contributed by atoms with van der Waals surface area (Å²) in [5, 5.41) is 7.47. The number of aryl methyl sites for hydroxylation is 1. The Bertz CT molecular complexity index is 463. The number of fused-ring (bicyclic) bond motifs is 1. The third kappa shape index (κ3) is 1.48. The molecule has 0 fully saturated rings. The van der Waals surface area contributed by atoms with Crippen LogP contribution in [0.4, 0.5) is 5.82 Å². The van der Waals surface area contributed by atoms with Gasteiger partial charge in [0.1, 0.15) is 5.82 Å². The van der Waals surface area contributed by atoms with Crippen molar-refractivity contribution in [2.24, 2.45) is 0 Å². The van der Waals surface area contributed by atoms with Crippen LogP contribution in [0.15, 0.2) is 16.7 Å². The van der Waals surface area contributed by atoms with Crippen LogP contribution >= 0.6 is 15.9 Å². The Morgan fingerprint density at radius 2 is 2.36 bits per heavy atom. The Hall–Kier alpha value is -1.10. The average molecular weight is 255 g/mol. The molecule has 0 aliphatic heterocycles. The summed E-state index contributed by atoms with van der Waals surface area (Å²) in [5.41, 5.74) is 1.83. The molecule has 0 radical (unpaired) electrons. The number of halogens is 1. The molecule has 0 atom stereocenters. The second kappa shape index (κ2) is 3.57. The Kier molecular flexibility index (Phi) is 2.41. The van der Waals surface area contributed by atoms with Crippen LogP contribution < -0.4 is 5.32 Å². The van der Waals surface area contributed by atoms with Gasteiger partial charge in [0.05, 0.1) is 10.7 Å². The molecule has 0 amide bonds. The summed E-state index contributed by atoms with van der Waals surface area (Å²) >= 11 is 3.41. The summed E-state index contributed by atoms with van der Waals surface area (Å²) in [6.45, 7) is 4.90. The average Bonchev–Trinajstić information content (AvgIpc) is 2.49. The van der Waals surface area contributed by atoms with Gasteiger partial charge in [-0.25, -0.2) is 4.98 Å². The fourth-order valence-corrected chi connectivity index (χ4v) is 1.71. The van der Waals surface area contributed by atoms with Crippen molar-refractivity contribution in [2.45, 2.75) is 13.8 Å². The molecular formula is C9H11BrN4. The third-order valence-electron chi connectivity index (χ3n) is 1.91. The quantitative estimate of drug-likeness (QED) is 0.894. The molecule has 0 saturated carbocycles. The zero-order chi connectivity index (χ0) is 10.1. The molecule has 0 spiro atoms. The minimum Gasteiger partial charge on any atom is -0.370 e. The van der Waals surface area contributed by atoms with E-state index in [1.54, 1.807) is 10.7 Å². The van der Waals surface area contributed by atoms with Crippen LogP contribution in [-0.4, -0.2) is 21.1 Å². The van der Waals surface area contributed by atoms with E-state index in [0.29, 0.717) is 0 Å². The molecule has 0 aromatic carbocycles. The van der Waals surface area contributed by atoms with Gasteiger partial charge in [0.25, 0.3) is 0 Å². The van der Waals surface area contributed by atoms with E-state index in [1.165, 1.54) is 0 Å². The molecule has 0 saturated heterocycles. The highest BCUT2D eigenvalue weighted by atomic mass is 79.9. The summed E-state index contributed by atoms with van der Waals surface area (Å²) in [6.07, 6.45) is 1.75. The van der Waals surface area contributed by atoms with Crippen molar-refractivity contribution < 1.29 is 0 Å². The molecule has 0 aliphatic carbocycles. The van der Waals surface area contributed by atoms with Crippen LogP contribution in [0.2, 0.25) is 0 Å². The predicted molar refractivity (Wildman–Crippen MR) is 59.6 cm³/mol. The molecule has 5 heteroatoms. The summed E-state index contributed by atoms with van der Waals surface area (Å²) in [4.78, 5) is 4.39. The highest BCUT2D eigenvalue weighted by molar-refractivity contribution is 9.10. The van der Waals surface area contributed by atoms with E-state index in [0.717, 1.165) is 28.2 Å². The maximum Gasteiger partial charge on any atom is 0.171 e. The smallest absolute Gasteiger partial charge is 0.171 e. The first-order valence-corrected chi connectivity index (χ1v) is 5.26. The zero-order valence-electron chi connectivity index (χ0n) is 8.08. The van der Waals surface area contributed by atoms with E-state index in [2.05, 4.69) is 38.3 Å². The number of nitrogens with zero attached hydrogens (tertiary/aromatic N) is 3. The van der Waals surface area contributed by atoms with Crippen molar-refractivity contribution in [1.29, 1.82) is 0 Å². The lowest BCUT2D eigenvalue weighted by molar-refractivity contribution is 0.923. The first-order valence-electron chi connectivity index (χ1n) is 4.47. The predicted octanol–water partition coefficient (Wildman–Crippen LogP) is 2.23. The van der Waals surface area contributed by atoms with Crippen LogP contribution in [0, 0.1) is 6.92 Å². The van der Waals surface area contributed by atoms with Crippen LogP contribution in [0.3, 0.4) is 0 Å². The standard InChI is InChI=1S/C9H11BrN4/c1-3-11-8-4-6(2)13-9-7(10)5-12-14(8)9/h4-5,11H,3H2,1-2H3.